The Morgan fingerprint density at radius 1 is 1.11 bits per heavy atom. The summed E-state index contributed by atoms with van der Waals surface area (Å²) in [5.41, 5.74) is 2.03. The number of halogens is 1. The number of imidazole rings is 1. The van der Waals surface area contributed by atoms with Crippen LogP contribution in [0.2, 0.25) is 0 Å². The zero-order chi connectivity index (χ0) is 12.4. The zero-order valence-corrected chi connectivity index (χ0v) is 10.5. The molecular weight excluding hydrogens is 246 g/mol. The van der Waals surface area contributed by atoms with E-state index >= 15 is 0 Å². The number of hydrogen-bond acceptors (Lipinski definition) is 2. The van der Waals surface area contributed by atoms with E-state index in [0.717, 1.165) is 22.4 Å². The van der Waals surface area contributed by atoms with Crippen LogP contribution in [-0.2, 0) is 12.4 Å². The largest absolute Gasteiger partial charge is 0.328 e. The maximum atomic E-state index is 5.83. The van der Waals surface area contributed by atoms with E-state index in [1.54, 1.807) is 6.20 Å². The van der Waals surface area contributed by atoms with Crippen LogP contribution in [0.25, 0.3) is 10.9 Å². The summed E-state index contributed by atoms with van der Waals surface area (Å²) in [6, 6.07) is 12.2. The molecule has 0 atom stereocenters. The van der Waals surface area contributed by atoms with Crippen LogP contribution in [-0.4, -0.2) is 14.5 Å². The molecular formula is C14H12ClN3. The lowest BCUT2D eigenvalue weighted by molar-refractivity contribution is 0.739. The van der Waals surface area contributed by atoms with Crippen LogP contribution in [0.1, 0.15) is 11.5 Å². The minimum atomic E-state index is 0.417. The Kier molecular flexibility index (Phi) is 2.99. The monoisotopic (exact) mass is 257 g/mol. The summed E-state index contributed by atoms with van der Waals surface area (Å²) in [5.74, 6) is 1.28. The van der Waals surface area contributed by atoms with Crippen LogP contribution in [0.5, 0.6) is 0 Å². The van der Waals surface area contributed by atoms with E-state index in [-0.39, 0.29) is 0 Å². The number of fused-ring (bicyclic) bond motifs is 1. The molecule has 3 nitrogen and oxygen atoms in total. The van der Waals surface area contributed by atoms with E-state index in [2.05, 4.69) is 22.1 Å². The van der Waals surface area contributed by atoms with Crippen LogP contribution in [0.4, 0.5) is 0 Å². The fraction of sp³-hybridized carbons (Fsp3) is 0.143. The maximum absolute atomic E-state index is 5.83. The predicted molar refractivity (Wildman–Crippen MR) is 72.6 cm³/mol. The van der Waals surface area contributed by atoms with Gasteiger partial charge in [0.1, 0.15) is 5.82 Å². The quantitative estimate of drug-likeness (QED) is 0.675. The van der Waals surface area contributed by atoms with Crippen LogP contribution in [0.3, 0.4) is 0 Å². The second-order valence-corrected chi connectivity index (χ2v) is 4.37. The van der Waals surface area contributed by atoms with E-state index in [1.807, 2.05) is 35.0 Å². The fourth-order valence-corrected chi connectivity index (χ4v) is 2.21. The highest BCUT2D eigenvalue weighted by atomic mass is 35.5. The molecule has 2 heterocycles. The molecule has 90 valence electrons. The van der Waals surface area contributed by atoms with Gasteiger partial charge in [-0.15, -0.1) is 11.6 Å². The van der Waals surface area contributed by atoms with Crippen LogP contribution >= 0.6 is 11.6 Å². The van der Waals surface area contributed by atoms with Gasteiger partial charge in [0.2, 0.25) is 0 Å². The summed E-state index contributed by atoms with van der Waals surface area (Å²) in [5, 5.41) is 1.16. The molecule has 0 amide bonds. The minimum Gasteiger partial charge on any atom is -0.328 e. The van der Waals surface area contributed by atoms with E-state index in [0.29, 0.717) is 12.4 Å². The van der Waals surface area contributed by atoms with Crippen molar-refractivity contribution in [1.29, 1.82) is 0 Å². The average molecular weight is 258 g/mol. The minimum absolute atomic E-state index is 0.417. The number of benzene rings is 1. The Labute approximate surface area is 110 Å². The molecule has 2 aromatic heterocycles. The molecule has 0 aliphatic carbocycles. The summed E-state index contributed by atoms with van der Waals surface area (Å²) in [6.45, 7) is 0.701. The SMILES string of the molecule is ClCc1nccn1Cc1ccc2ccccc2n1. The maximum Gasteiger partial charge on any atom is 0.123 e. The van der Waals surface area contributed by atoms with Crippen molar-refractivity contribution in [3.05, 3.63) is 60.3 Å². The number of para-hydroxylation sites is 1. The third-order valence-corrected chi connectivity index (χ3v) is 3.15. The average Bonchev–Trinajstić information content (AvgIpc) is 2.86. The number of nitrogens with zero attached hydrogens (tertiary/aromatic N) is 3. The highest BCUT2D eigenvalue weighted by Crippen LogP contribution is 2.13. The van der Waals surface area contributed by atoms with Crippen molar-refractivity contribution in [3.63, 3.8) is 0 Å². The molecule has 1 aromatic carbocycles. The van der Waals surface area contributed by atoms with Crippen LogP contribution in [0.15, 0.2) is 48.8 Å². The third kappa shape index (κ3) is 2.09. The van der Waals surface area contributed by atoms with Gasteiger partial charge in [-0.3, -0.25) is 4.98 Å². The molecule has 0 unspecified atom stereocenters. The Hall–Kier alpha value is -1.87. The normalized spacial score (nSPS) is 10.9. The Morgan fingerprint density at radius 3 is 2.89 bits per heavy atom. The number of pyridine rings is 1. The first kappa shape index (κ1) is 11.2. The number of hydrogen-bond donors (Lipinski definition) is 0. The van der Waals surface area contributed by atoms with Crippen LogP contribution in [0, 0.1) is 0 Å². The first-order chi connectivity index (χ1) is 8.86. The molecule has 3 aromatic rings. The van der Waals surface area contributed by atoms with Crippen molar-refractivity contribution < 1.29 is 0 Å². The second kappa shape index (κ2) is 4.78. The first-order valence-corrected chi connectivity index (χ1v) is 6.31. The fourth-order valence-electron chi connectivity index (χ4n) is 1.99. The van der Waals surface area contributed by atoms with E-state index in [4.69, 9.17) is 11.6 Å². The Balaban J connectivity index is 1.95. The van der Waals surface area contributed by atoms with Gasteiger partial charge in [0, 0.05) is 17.8 Å². The van der Waals surface area contributed by atoms with Gasteiger partial charge in [-0.25, -0.2) is 4.98 Å². The lowest BCUT2D eigenvalue weighted by Gasteiger charge is -2.06. The smallest absolute Gasteiger partial charge is 0.123 e. The van der Waals surface area contributed by atoms with Crippen molar-refractivity contribution in [3.8, 4) is 0 Å². The van der Waals surface area contributed by atoms with Gasteiger partial charge in [0.05, 0.1) is 23.6 Å². The molecule has 0 aliphatic rings. The lowest BCUT2D eigenvalue weighted by atomic mass is 10.2. The van der Waals surface area contributed by atoms with Crippen LogP contribution < -0.4 is 0 Å². The summed E-state index contributed by atoms with van der Waals surface area (Å²) in [6.07, 6.45) is 3.69. The molecule has 18 heavy (non-hydrogen) atoms. The molecule has 0 radical (unpaired) electrons. The summed E-state index contributed by atoms with van der Waals surface area (Å²) < 4.78 is 2.02. The number of rotatable bonds is 3. The van der Waals surface area contributed by atoms with E-state index < -0.39 is 0 Å². The van der Waals surface area contributed by atoms with Gasteiger partial charge < -0.3 is 4.57 Å². The van der Waals surface area contributed by atoms with Gasteiger partial charge in [0.15, 0.2) is 0 Å². The van der Waals surface area contributed by atoms with Crippen molar-refractivity contribution in [2.45, 2.75) is 12.4 Å². The number of alkyl halides is 1. The molecule has 3 rings (SSSR count). The predicted octanol–water partition coefficient (Wildman–Crippen LogP) is 3.22. The highest BCUT2D eigenvalue weighted by Gasteiger charge is 2.03. The Bertz CT molecular complexity index is 675. The summed E-state index contributed by atoms with van der Waals surface area (Å²) >= 11 is 5.83. The molecule has 0 bridgehead atoms. The molecule has 0 saturated heterocycles. The highest BCUT2D eigenvalue weighted by molar-refractivity contribution is 6.16. The standard InChI is InChI=1S/C14H12ClN3/c15-9-14-16-7-8-18(14)10-12-6-5-11-3-1-2-4-13(11)17-12/h1-8H,9-10H2. The molecule has 0 fully saturated rings. The van der Waals surface area contributed by atoms with E-state index in [1.165, 1.54) is 0 Å². The molecule has 0 saturated carbocycles. The van der Waals surface area contributed by atoms with Gasteiger partial charge in [-0.2, -0.15) is 0 Å². The number of aromatic nitrogens is 3. The van der Waals surface area contributed by atoms with Gasteiger partial charge in [-0.1, -0.05) is 24.3 Å². The molecule has 0 N–H and O–H groups in total. The second-order valence-electron chi connectivity index (χ2n) is 4.10. The molecule has 4 heteroatoms. The van der Waals surface area contributed by atoms with Gasteiger partial charge >= 0.3 is 0 Å². The van der Waals surface area contributed by atoms with Gasteiger partial charge in [0.25, 0.3) is 0 Å². The third-order valence-electron chi connectivity index (χ3n) is 2.91. The summed E-state index contributed by atoms with van der Waals surface area (Å²) in [7, 11) is 0. The molecule has 0 aliphatic heterocycles. The van der Waals surface area contributed by atoms with Crippen molar-refractivity contribution >= 4 is 22.5 Å². The summed E-state index contributed by atoms with van der Waals surface area (Å²) in [4.78, 5) is 8.83. The van der Waals surface area contributed by atoms with Crippen molar-refractivity contribution in [1.82, 2.24) is 14.5 Å². The molecule has 0 spiro atoms. The Morgan fingerprint density at radius 2 is 2.00 bits per heavy atom. The van der Waals surface area contributed by atoms with Crippen molar-refractivity contribution in [2.75, 3.05) is 0 Å². The van der Waals surface area contributed by atoms with Gasteiger partial charge in [-0.05, 0) is 12.1 Å². The topological polar surface area (TPSA) is 30.7 Å². The van der Waals surface area contributed by atoms with E-state index in [9.17, 15) is 0 Å². The lowest BCUT2D eigenvalue weighted by Crippen LogP contribution is -2.04. The van der Waals surface area contributed by atoms with Crippen molar-refractivity contribution in [2.24, 2.45) is 0 Å². The first-order valence-electron chi connectivity index (χ1n) is 5.77. The zero-order valence-electron chi connectivity index (χ0n) is 9.75.